The number of rotatable bonds is 5. The van der Waals surface area contributed by atoms with E-state index >= 15 is 0 Å². The molecule has 0 radical (unpaired) electrons. The summed E-state index contributed by atoms with van der Waals surface area (Å²) in [6, 6.07) is 0. The molecule has 0 saturated carbocycles. The summed E-state index contributed by atoms with van der Waals surface area (Å²) in [6.45, 7) is 4.46. The minimum Gasteiger partial charge on any atom is -0.383 e. The summed E-state index contributed by atoms with van der Waals surface area (Å²) in [6.07, 6.45) is 0. The van der Waals surface area contributed by atoms with E-state index in [0.29, 0.717) is 12.6 Å². The molecule has 1 heterocycles. The molecule has 0 saturated heterocycles. The molecule has 0 unspecified atom stereocenters. The average molecular weight is 202 g/mol. The molecule has 0 aliphatic carbocycles. The quantitative estimate of drug-likeness (QED) is 0.757. The van der Waals surface area contributed by atoms with Gasteiger partial charge in [-0.25, -0.2) is 0 Å². The second kappa shape index (κ2) is 4.98. The van der Waals surface area contributed by atoms with Gasteiger partial charge in [-0.2, -0.15) is 9.36 Å². The van der Waals surface area contributed by atoms with Gasteiger partial charge < -0.3 is 15.4 Å². The zero-order valence-electron chi connectivity index (χ0n) is 7.86. The fraction of sp³-hybridized carbons (Fsp3) is 0.714. The summed E-state index contributed by atoms with van der Waals surface area (Å²) in [5.41, 5.74) is 5.43. The van der Waals surface area contributed by atoms with Crippen molar-refractivity contribution in [2.75, 3.05) is 37.4 Å². The average Bonchev–Trinajstić information content (AvgIpc) is 2.54. The first-order valence-electron chi connectivity index (χ1n) is 4.11. The Morgan fingerprint density at radius 3 is 2.85 bits per heavy atom. The topological polar surface area (TPSA) is 64.3 Å². The molecule has 0 spiro atoms. The molecule has 0 aliphatic rings. The number of anilines is 2. The second-order valence-corrected chi connectivity index (χ2v) is 3.24. The summed E-state index contributed by atoms with van der Waals surface area (Å²) in [4.78, 5) is 6.17. The third kappa shape index (κ3) is 2.82. The maximum Gasteiger partial charge on any atom is 0.233 e. The lowest BCUT2D eigenvalue weighted by atomic mass is 10.5. The van der Waals surface area contributed by atoms with Gasteiger partial charge in [0.1, 0.15) is 0 Å². The van der Waals surface area contributed by atoms with E-state index in [9.17, 15) is 0 Å². The van der Waals surface area contributed by atoms with E-state index < -0.39 is 0 Å². The number of nitrogens with zero attached hydrogens (tertiary/aromatic N) is 3. The summed E-state index contributed by atoms with van der Waals surface area (Å²) < 4.78 is 8.91. The molecule has 0 atom stereocenters. The molecule has 13 heavy (non-hydrogen) atoms. The first-order valence-corrected chi connectivity index (χ1v) is 4.88. The molecule has 0 amide bonds. The molecular formula is C7H14N4OS. The van der Waals surface area contributed by atoms with Crippen molar-refractivity contribution in [3.8, 4) is 0 Å². The summed E-state index contributed by atoms with van der Waals surface area (Å²) >= 11 is 1.32. The predicted molar refractivity (Wildman–Crippen MR) is 54.1 cm³/mol. The Hall–Kier alpha value is -0.880. The molecule has 1 rings (SSSR count). The van der Waals surface area contributed by atoms with Gasteiger partial charge in [0, 0.05) is 31.7 Å². The maximum atomic E-state index is 5.43. The number of methoxy groups -OCH3 is 1. The number of ether oxygens (including phenoxy) is 1. The van der Waals surface area contributed by atoms with Crippen molar-refractivity contribution in [2.24, 2.45) is 0 Å². The molecule has 74 valence electrons. The molecule has 0 fully saturated rings. The Labute approximate surface area is 81.7 Å². The van der Waals surface area contributed by atoms with Crippen LogP contribution in [0, 0.1) is 0 Å². The van der Waals surface area contributed by atoms with Gasteiger partial charge >= 0.3 is 0 Å². The number of nitrogens with two attached hydrogens (primary N) is 1. The van der Waals surface area contributed by atoms with Crippen LogP contribution >= 0.6 is 11.5 Å². The Balaban J connectivity index is 2.56. The maximum absolute atomic E-state index is 5.43. The van der Waals surface area contributed by atoms with E-state index in [0.717, 1.165) is 18.2 Å². The number of aromatic nitrogens is 2. The Bertz CT molecular complexity index is 252. The van der Waals surface area contributed by atoms with E-state index in [1.807, 2.05) is 0 Å². The largest absolute Gasteiger partial charge is 0.383 e. The molecule has 0 aliphatic heterocycles. The lowest BCUT2D eigenvalue weighted by Crippen LogP contribution is -2.26. The summed E-state index contributed by atoms with van der Waals surface area (Å²) in [7, 11) is 1.68. The molecule has 5 nitrogen and oxygen atoms in total. The highest BCUT2D eigenvalue weighted by Crippen LogP contribution is 2.17. The monoisotopic (exact) mass is 202 g/mol. The normalized spacial score (nSPS) is 10.3. The van der Waals surface area contributed by atoms with Crippen LogP contribution in [0.5, 0.6) is 0 Å². The van der Waals surface area contributed by atoms with Gasteiger partial charge in [0.05, 0.1) is 6.61 Å². The number of hydrogen-bond acceptors (Lipinski definition) is 6. The van der Waals surface area contributed by atoms with Crippen molar-refractivity contribution in [3.05, 3.63) is 0 Å². The van der Waals surface area contributed by atoms with E-state index in [-0.39, 0.29) is 0 Å². The van der Waals surface area contributed by atoms with Crippen molar-refractivity contribution < 1.29 is 4.74 Å². The highest BCUT2D eigenvalue weighted by molar-refractivity contribution is 7.09. The Morgan fingerprint density at radius 2 is 2.38 bits per heavy atom. The summed E-state index contributed by atoms with van der Waals surface area (Å²) in [5, 5.41) is 0.858. The second-order valence-electron chi connectivity index (χ2n) is 2.51. The third-order valence-electron chi connectivity index (χ3n) is 1.65. The summed E-state index contributed by atoms with van der Waals surface area (Å²) in [5.74, 6) is 0.343. The fourth-order valence-corrected chi connectivity index (χ4v) is 1.63. The third-order valence-corrected chi connectivity index (χ3v) is 2.44. The van der Waals surface area contributed by atoms with Crippen LogP contribution in [0.3, 0.4) is 0 Å². The molecule has 0 aromatic carbocycles. The fourth-order valence-electron chi connectivity index (χ4n) is 0.945. The van der Waals surface area contributed by atoms with Crippen molar-refractivity contribution in [1.29, 1.82) is 0 Å². The predicted octanol–water partition coefficient (Wildman–Crippen LogP) is 0.593. The molecule has 1 aromatic rings. The van der Waals surface area contributed by atoms with Gasteiger partial charge in [-0.15, -0.1) is 0 Å². The Kier molecular flexibility index (Phi) is 3.91. The lowest BCUT2D eigenvalue weighted by Gasteiger charge is -2.17. The minimum absolute atomic E-state index is 0.343. The first-order chi connectivity index (χ1) is 6.27. The number of hydrogen-bond donors (Lipinski definition) is 1. The zero-order chi connectivity index (χ0) is 9.68. The lowest BCUT2D eigenvalue weighted by molar-refractivity contribution is 0.205. The van der Waals surface area contributed by atoms with Crippen LogP contribution in [0.4, 0.5) is 11.1 Å². The highest BCUT2D eigenvalue weighted by atomic mass is 32.1. The van der Waals surface area contributed by atoms with Crippen LogP contribution < -0.4 is 10.6 Å². The van der Waals surface area contributed by atoms with E-state index in [1.54, 1.807) is 7.11 Å². The standard InChI is InChI=1S/C7H14N4OS/c1-3-11(4-5-12-2)7-9-6(8)10-13-7/h3-5H2,1-2H3,(H2,8,10). The van der Waals surface area contributed by atoms with E-state index in [4.69, 9.17) is 10.5 Å². The SMILES string of the molecule is CCN(CCOC)c1nc(N)ns1. The van der Waals surface area contributed by atoms with Crippen molar-refractivity contribution in [2.45, 2.75) is 6.92 Å². The van der Waals surface area contributed by atoms with Gasteiger partial charge in [-0.3, -0.25) is 0 Å². The van der Waals surface area contributed by atoms with Crippen molar-refractivity contribution in [3.63, 3.8) is 0 Å². The zero-order valence-corrected chi connectivity index (χ0v) is 8.67. The van der Waals surface area contributed by atoms with E-state index in [1.165, 1.54) is 11.5 Å². The van der Waals surface area contributed by atoms with Crippen LogP contribution in [0.15, 0.2) is 0 Å². The van der Waals surface area contributed by atoms with E-state index in [2.05, 4.69) is 21.2 Å². The van der Waals surface area contributed by atoms with Gasteiger partial charge in [0.15, 0.2) is 0 Å². The van der Waals surface area contributed by atoms with Gasteiger partial charge in [0.2, 0.25) is 11.1 Å². The van der Waals surface area contributed by atoms with Crippen LogP contribution in [0.2, 0.25) is 0 Å². The van der Waals surface area contributed by atoms with Crippen LogP contribution in [0.25, 0.3) is 0 Å². The van der Waals surface area contributed by atoms with Crippen molar-refractivity contribution in [1.82, 2.24) is 9.36 Å². The van der Waals surface area contributed by atoms with Crippen LogP contribution in [-0.4, -0.2) is 36.2 Å². The smallest absolute Gasteiger partial charge is 0.233 e. The number of nitrogen functional groups attached to an aromatic ring is 1. The van der Waals surface area contributed by atoms with Crippen LogP contribution in [0.1, 0.15) is 6.92 Å². The molecule has 6 heteroatoms. The first kappa shape index (κ1) is 10.2. The number of likely N-dealkylation sites (N-methyl/N-ethyl adjacent to an activating group) is 1. The van der Waals surface area contributed by atoms with Gasteiger partial charge in [-0.05, 0) is 6.92 Å². The molecule has 1 aromatic heterocycles. The van der Waals surface area contributed by atoms with Crippen LogP contribution in [-0.2, 0) is 4.74 Å². The highest BCUT2D eigenvalue weighted by Gasteiger charge is 2.08. The van der Waals surface area contributed by atoms with Gasteiger partial charge in [-0.1, -0.05) is 0 Å². The molecular weight excluding hydrogens is 188 g/mol. The molecule has 0 bridgehead atoms. The molecule has 2 N–H and O–H groups in total. The Morgan fingerprint density at radius 1 is 1.62 bits per heavy atom. The minimum atomic E-state index is 0.343. The van der Waals surface area contributed by atoms with Crippen molar-refractivity contribution >= 4 is 22.6 Å². The van der Waals surface area contributed by atoms with Gasteiger partial charge in [0.25, 0.3) is 0 Å².